The van der Waals surface area contributed by atoms with Gasteiger partial charge in [0.1, 0.15) is 6.33 Å². The maximum atomic E-state index is 12.0. The van der Waals surface area contributed by atoms with Gasteiger partial charge in [-0.1, -0.05) is 36.4 Å². The van der Waals surface area contributed by atoms with Crippen LogP contribution in [0.15, 0.2) is 79.5 Å². The normalized spacial score (nSPS) is 10.7. The third-order valence-corrected chi connectivity index (χ3v) is 4.64. The van der Waals surface area contributed by atoms with Crippen molar-refractivity contribution in [1.82, 2.24) is 20.3 Å². The molecule has 0 bridgehead atoms. The number of pyridine rings is 1. The summed E-state index contributed by atoms with van der Waals surface area (Å²) in [4.78, 5) is 24.0. The van der Waals surface area contributed by atoms with Crippen LogP contribution in [0.5, 0.6) is 0 Å². The molecular weight excluding hydrogens is 348 g/mol. The van der Waals surface area contributed by atoms with Gasteiger partial charge in [0, 0.05) is 30.5 Å². The van der Waals surface area contributed by atoms with Gasteiger partial charge < -0.3 is 5.32 Å². The number of hydrogen-bond donors (Lipinski definition) is 1. The zero-order valence-electron chi connectivity index (χ0n) is 15.4. The molecule has 2 aromatic carbocycles. The van der Waals surface area contributed by atoms with E-state index in [1.165, 1.54) is 35.4 Å². The zero-order valence-corrected chi connectivity index (χ0v) is 15.4. The van der Waals surface area contributed by atoms with E-state index in [0.29, 0.717) is 12.1 Å². The molecule has 0 fully saturated rings. The van der Waals surface area contributed by atoms with Crippen LogP contribution in [0.1, 0.15) is 22.3 Å². The second kappa shape index (κ2) is 8.39. The summed E-state index contributed by atoms with van der Waals surface area (Å²) in [5.41, 5.74) is 5.11. The Morgan fingerprint density at radius 2 is 1.71 bits per heavy atom. The lowest BCUT2D eigenvalue weighted by Crippen LogP contribution is -2.25. The number of hydrogen-bond acceptors (Lipinski definition) is 4. The smallest absolute Gasteiger partial charge is 0.254 e. The highest BCUT2D eigenvalue weighted by molar-refractivity contribution is 5.93. The predicted molar refractivity (Wildman–Crippen MR) is 110 cm³/mol. The van der Waals surface area contributed by atoms with Crippen LogP contribution in [0.3, 0.4) is 0 Å². The van der Waals surface area contributed by atoms with E-state index >= 15 is 0 Å². The summed E-state index contributed by atoms with van der Waals surface area (Å²) in [6, 6.07) is 19.0. The highest BCUT2D eigenvalue weighted by Crippen LogP contribution is 2.24. The maximum absolute atomic E-state index is 12.0. The number of carbonyl (C=O) groups excluding carboxylic acids is 1. The monoisotopic (exact) mass is 368 g/mol. The fourth-order valence-corrected chi connectivity index (χ4v) is 3.13. The molecule has 0 spiro atoms. The van der Waals surface area contributed by atoms with Crippen molar-refractivity contribution in [2.45, 2.75) is 12.8 Å². The molecule has 0 aliphatic heterocycles. The standard InChI is InChI=1S/C23H20N4O/c28-23(21-14-24-16-25-15-21)27-12-1-3-17-5-7-18(8-6-17)19-9-10-22-20(13-19)4-2-11-26-22/h2,4-11,13-16H,1,3,12H2,(H,27,28). The Bertz CT molecular complexity index is 1080. The number of aromatic nitrogens is 3. The van der Waals surface area contributed by atoms with E-state index in [2.05, 4.69) is 68.8 Å². The number of amides is 1. The fourth-order valence-electron chi connectivity index (χ4n) is 3.13. The molecule has 0 aliphatic carbocycles. The maximum Gasteiger partial charge on any atom is 0.254 e. The Morgan fingerprint density at radius 1 is 0.929 bits per heavy atom. The minimum atomic E-state index is -0.137. The summed E-state index contributed by atoms with van der Waals surface area (Å²) in [7, 11) is 0. The first-order valence-electron chi connectivity index (χ1n) is 9.27. The number of carbonyl (C=O) groups is 1. The van der Waals surface area contributed by atoms with Gasteiger partial charge in [-0.2, -0.15) is 0 Å². The van der Waals surface area contributed by atoms with Gasteiger partial charge in [0.05, 0.1) is 11.1 Å². The predicted octanol–water partition coefficient (Wildman–Crippen LogP) is 4.05. The van der Waals surface area contributed by atoms with Crippen LogP contribution in [0.2, 0.25) is 0 Å². The highest BCUT2D eigenvalue weighted by atomic mass is 16.1. The third-order valence-electron chi connectivity index (χ3n) is 4.64. The molecule has 138 valence electrons. The number of aryl methyl sites for hydroxylation is 1. The van der Waals surface area contributed by atoms with E-state index < -0.39 is 0 Å². The molecule has 0 radical (unpaired) electrons. The number of fused-ring (bicyclic) bond motifs is 1. The summed E-state index contributed by atoms with van der Waals surface area (Å²) < 4.78 is 0. The first-order valence-corrected chi connectivity index (χ1v) is 9.27. The van der Waals surface area contributed by atoms with Gasteiger partial charge in [0.25, 0.3) is 5.91 Å². The van der Waals surface area contributed by atoms with Gasteiger partial charge in [-0.05, 0) is 47.7 Å². The number of nitrogens with zero attached hydrogens (tertiary/aromatic N) is 3. The van der Waals surface area contributed by atoms with Crippen LogP contribution in [0, 0.1) is 0 Å². The molecule has 0 aliphatic rings. The Hall–Kier alpha value is -3.60. The Kier molecular flexibility index (Phi) is 5.33. The lowest BCUT2D eigenvalue weighted by Gasteiger charge is -2.07. The van der Waals surface area contributed by atoms with E-state index in [1.54, 1.807) is 0 Å². The second-order valence-corrected chi connectivity index (χ2v) is 6.59. The summed E-state index contributed by atoms with van der Waals surface area (Å²) in [6.45, 7) is 0.618. The van der Waals surface area contributed by atoms with Gasteiger partial charge in [-0.15, -0.1) is 0 Å². The van der Waals surface area contributed by atoms with E-state index in [4.69, 9.17) is 0 Å². The Balaban J connectivity index is 1.32. The average Bonchev–Trinajstić information content (AvgIpc) is 2.77. The first-order chi connectivity index (χ1) is 13.8. The van der Waals surface area contributed by atoms with Gasteiger partial charge in [-0.25, -0.2) is 9.97 Å². The molecule has 0 unspecified atom stereocenters. The SMILES string of the molecule is O=C(NCCCc1ccc(-c2ccc3ncccc3c2)cc1)c1cncnc1. The van der Waals surface area contributed by atoms with Crippen molar-refractivity contribution < 1.29 is 4.79 Å². The largest absolute Gasteiger partial charge is 0.352 e. The first kappa shape index (κ1) is 17.8. The van der Waals surface area contributed by atoms with E-state index in [0.717, 1.165) is 23.7 Å². The number of rotatable bonds is 6. The number of benzene rings is 2. The molecule has 5 nitrogen and oxygen atoms in total. The van der Waals surface area contributed by atoms with Crippen LogP contribution in [-0.4, -0.2) is 27.4 Å². The lowest BCUT2D eigenvalue weighted by molar-refractivity contribution is 0.0952. The molecule has 2 aromatic heterocycles. The minimum absolute atomic E-state index is 0.137. The second-order valence-electron chi connectivity index (χ2n) is 6.59. The van der Waals surface area contributed by atoms with Crippen LogP contribution in [-0.2, 0) is 6.42 Å². The van der Waals surface area contributed by atoms with Crippen molar-refractivity contribution in [3.05, 3.63) is 90.6 Å². The minimum Gasteiger partial charge on any atom is -0.352 e. The van der Waals surface area contributed by atoms with Crippen molar-refractivity contribution >= 4 is 16.8 Å². The molecule has 1 amide bonds. The molecular formula is C23H20N4O. The molecule has 0 atom stereocenters. The van der Waals surface area contributed by atoms with Crippen molar-refractivity contribution in [3.8, 4) is 11.1 Å². The van der Waals surface area contributed by atoms with Gasteiger partial charge in [0.2, 0.25) is 0 Å². The number of nitrogens with one attached hydrogen (secondary N) is 1. The quantitative estimate of drug-likeness (QED) is 0.521. The Morgan fingerprint density at radius 3 is 2.54 bits per heavy atom. The fraction of sp³-hybridized carbons (Fsp3) is 0.130. The van der Waals surface area contributed by atoms with E-state index in [-0.39, 0.29) is 5.91 Å². The van der Waals surface area contributed by atoms with Crippen LogP contribution in [0.25, 0.3) is 22.0 Å². The van der Waals surface area contributed by atoms with Gasteiger partial charge in [-0.3, -0.25) is 9.78 Å². The molecule has 2 heterocycles. The molecule has 4 rings (SSSR count). The molecule has 0 saturated heterocycles. The summed E-state index contributed by atoms with van der Waals surface area (Å²) in [5, 5.41) is 4.04. The van der Waals surface area contributed by atoms with Gasteiger partial charge >= 0.3 is 0 Å². The molecule has 0 saturated carbocycles. The zero-order chi connectivity index (χ0) is 19.2. The van der Waals surface area contributed by atoms with Crippen LogP contribution < -0.4 is 5.32 Å². The summed E-state index contributed by atoms with van der Waals surface area (Å²) >= 11 is 0. The molecule has 28 heavy (non-hydrogen) atoms. The summed E-state index contributed by atoms with van der Waals surface area (Å²) in [6.07, 6.45) is 8.05. The van der Waals surface area contributed by atoms with Crippen molar-refractivity contribution in [3.63, 3.8) is 0 Å². The molecule has 5 heteroatoms. The van der Waals surface area contributed by atoms with E-state index in [9.17, 15) is 4.79 Å². The topological polar surface area (TPSA) is 67.8 Å². The lowest BCUT2D eigenvalue weighted by atomic mass is 10.0. The van der Waals surface area contributed by atoms with Crippen LogP contribution in [0.4, 0.5) is 0 Å². The van der Waals surface area contributed by atoms with Gasteiger partial charge in [0.15, 0.2) is 0 Å². The van der Waals surface area contributed by atoms with Crippen molar-refractivity contribution in [2.75, 3.05) is 6.54 Å². The molecule has 4 aromatic rings. The Labute approximate surface area is 163 Å². The highest BCUT2D eigenvalue weighted by Gasteiger charge is 2.05. The molecule has 1 N–H and O–H groups in total. The van der Waals surface area contributed by atoms with Crippen molar-refractivity contribution in [2.24, 2.45) is 0 Å². The van der Waals surface area contributed by atoms with Crippen LogP contribution >= 0.6 is 0 Å². The average molecular weight is 368 g/mol. The van der Waals surface area contributed by atoms with Crippen molar-refractivity contribution in [1.29, 1.82) is 0 Å². The third kappa shape index (κ3) is 4.20. The van der Waals surface area contributed by atoms with E-state index in [1.807, 2.05) is 12.3 Å². The summed E-state index contributed by atoms with van der Waals surface area (Å²) in [5.74, 6) is -0.137.